The van der Waals surface area contributed by atoms with Crippen molar-refractivity contribution < 1.29 is 9.53 Å². The molecule has 6 heteroatoms. The molecule has 0 heterocycles. The third kappa shape index (κ3) is 5.13. The van der Waals surface area contributed by atoms with Gasteiger partial charge in [-0.1, -0.05) is 29.3 Å². The zero-order chi connectivity index (χ0) is 15.9. The number of carbonyl (C=O) groups excluding carboxylic acids is 1. The van der Waals surface area contributed by atoms with Crippen molar-refractivity contribution in [3.05, 3.63) is 58.6 Å². The van der Waals surface area contributed by atoms with Crippen molar-refractivity contribution >= 4 is 34.9 Å². The molecule has 0 atom stereocenters. The molecule has 4 nitrogen and oxygen atoms in total. The largest absolute Gasteiger partial charge is 0.492 e. The minimum Gasteiger partial charge on any atom is -0.492 e. The number of hydrogen-bond donors (Lipinski definition) is 1. The summed E-state index contributed by atoms with van der Waals surface area (Å²) in [5.74, 6) is 0.716. The zero-order valence-electron chi connectivity index (χ0n) is 12.1. The number of ether oxygens (including phenoxy) is 1. The normalized spacial score (nSPS) is 10.1. The fourth-order valence-corrected chi connectivity index (χ4v) is 2.03. The minimum atomic E-state index is -0.220. The second kappa shape index (κ2) is 7.92. The van der Waals surface area contributed by atoms with Crippen molar-refractivity contribution in [2.75, 3.05) is 25.5 Å². The van der Waals surface area contributed by atoms with Crippen LogP contribution in [0, 0.1) is 0 Å². The van der Waals surface area contributed by atoms with Crippen LogP contribution in [-0.2, 0) is 0 Å². The highest BCUT2D eigenvalue weighted by molar-refractivity contribution is 6.31. The van der Waals surface area contributed by atoms with Crippen LogP contribution in [0.4, 0.5) is 10.5 Å². The summed E-state index contributed by atoms with van der Waals surface area (Å²) < 4.78 is 5.55. The van der Waals surface area contributed by atoms with Gasteiger partial charge >= 0.3 is 6.03 Å². The van der Waals surface area contributed by atoms with Crippen LogP contribution < -0.4 is 10.1 Å². The van der Waals surface area contributed by atoms with Gasteiger partial charge in [0.15, 0.2) is 0 Å². The van der Waals surface area contributed by atoms with Crippen LogP contribution in [0.1, 0.15) is 0 Å². The third-order valence-corrected chi connectivity index (χ3v) is 3.42. The highest BCUT2D eigenvalue weighted by Crippen LogP contribution is 2.16. The molecule has 2 aromatic carbocycles. The number of carbonyl (C=O) groups is 1. The van der Waals surface area contributed by atoms with Crippen molar-refractivity contribution in [3.8, 4) is 5.75 Å². The number of anilines is 1. The Hall–Kier alpha value is -1.91. The molecule has 0 radical (unpaired) electrons. The van der Waals surface area contributed by atoms with Gasteiger partial charge in [-0.15, -0.1) is 0 Å². The first kappa shape index (κ1) is 16.5. The molecule has 0 fully saturated rings. The van der Waals surface area contributed by atoms with Crippen LogP contribution >= 0.6 is 23.2 Å². The van der Waals surface area contributed by atoms with E-state index in [4.69, 9.17) is 27.9 Å². The van der Waals surface area contributed by atoms with E-state index in [1.54, 1.807) is 55.6 Å². The van der Waals surface area contributed by atoms with E-state index >= 15 is 0 Å². The van der Waals surface area contributed by atoms with Gasteiger partial charge in [-0.25, -0.2) is 4.79 Å². The molecular weight excluding hydrogens is 323 g/mol. The summed E-state index contributed by atoms with van der Waals surface area (Å²) in [7, 11) is 1.70. The molecule has 1 N–H and O–H groups in total. The Labute approximate surface area is 139 Å². The van der Waals surface area contributed by atoms with E-state index in [0.717, 1.165) is 0 Å². The predicted octanol–water partition coefficient (Wildman–Crippen LogP) is 4.54. The number of hydrogen-bond acceptors (Lipinski definition) is 2. The van der Waals surface area contributed by atoms with E-state index in [2.05, 4.69) is 5.32 Å². The number of nitrogens with zero attached hydrogens (tertiary/aromatic N) is 1. The summed E-state index contributed by atoms with van der Waals surface area (Å²) in [5.41, 5.74) is 0.656. The quantitative estimate of drug-likeness (QED) is 0.869. The fraction of sp³-hybridized carbons (Fsp3) is 0.188. The number of nitrogens with one attached hydrogen (secondary N) is 1. The Morgan fingerprint density at radius 3 is 2.55 bits per heavy atom. The molecule has 0 saturated heterocycles. The molecular formula is C16H16Cl2N2O2. The summed E-state index contributed by atoms with van der Waals surface area (Å²) in [6.45, 7) is 0.843. The molecule has 2 rings (SSSR count). The van der Waals surface area contributed by atoms with Gasteiger partial charge in [-0.2, -0.15) is 0 Å². The molecule has 22 heavy (non-hydrogen) atoms. The van der Waals surface area contributed by atoms with Gasteiger partial charge in [0, 0.05) is 22.8 Å². The second-order valence-electron chi connectivity index (χ2n) is 4.66. The van der Waals surface area contributed by atoms with Gasteiger partial charge in [-0.3, -0.25) is 0 Å². The number of urea groups is 1. The highest BCUT2D eigenvalue weighted by atomic mass is 35.5. The van der Waals surface area contributed by atoms with Crippen LogP contribution in [0.25, 0.3) is 0 Å². The standard InChI is InChI=1S/C16H16Cl2N2O2/c1-20(9-10-22-15-7-5-12(17)6-8-15)16(21)19-14-4-2-3-13(18)11-14/h2-8,11H,9-10H2,1H3,(H,19,21). The maximum atomic E-state index is 12.0. The van der Waals surface area contributed by atoms with E-state index in [1.807, 2.05) is 0 Å². The lowest BCUT2D eigenvalue weighted by Gasteiger charge is -2.18. The Kier molecular flexibility index (Phi) is 5.92. The lowest BCUT2D eigenvalue weighted by atomic mass is 10.3. The van der Waals surface area contributed by atoms with E-state index < -0.39 is 0 Å². The third-order valence-electron chi connectivity index (χ3n) is 2.93. The van der Waals surface area contributed by atoms with Crippen molar-refractivity contribution in [3.63, 3.8) is 0 Å². The summed E-state index contributed by atoms with van der Waals surface area (Å²) in [6.07, 6.45) is 0. The Balaban J connectivity index is 1.77. The van der Waals surface area contributed by atoms with Gasteiger partial charge in [0.1, 0.15) is 12.4 Å². The molecule has 0 spiro atoms. The smallest absolute Gasteiger partial charge is 0.321 e. The minimum absolute atomic E-state index is 0.220. The van der Waals surface area contributed by atoms with Crippen molar-refractivity contribution in [2.45, 2.75) is 0 Å². The summed E-state index contributed by atoms with van der Waals surface area (Å²) >= 11 is 11.7. The van der Waals surface area contributed by atoms with Crippen molar-refractivity contribution in [1.29, 1.82) is 0 Å². The molecule has 0 unspecified atom stereocenters. The number of amides is 2. The van der Waals surface area contributed by atoms with Gasteiger partial charge in [-0.05, 0) is 42.5 Å². The average molecular weight is 339 g/mol. The SMILES string of the molecule is CN(CCOc1ccc(Cl)cc1)C(=O)Nc1cccc(Cl)c1. The zero-order valence-corrected chi connectivity index (χ0v) is 13.6. The summed E-state index contributed by atoms with van der Waals surface area (Å²) in [4.78, 5) is 13.5. The van der Waals surface area contributed by atoms with Crippen molar-refractivity contribution in [2.24, 2.45) is 0 Å². The van der Waals surface area contributed by atoms with E-state index in [-0.39, 0.29) is 6.03 Å². The molecule has 116 valence electrons. The number of likely N-dealkylation sites (N-methyl/N-ethyl adjacent to an activating group) is 1. The van der Waals surface area contributed by atoms with Gasteiger partial charge in [0.05, 0.1) is 6.54 Å². The fourth-order valence-electron chi connectivity index (χ4n) is 1.72. The predicted molar refractivity (Wildman–Crippen MR) is 90.0 cm³/mol. The molecule has 0 bridgehead atoms. The molecule has 2 aromatic rings. The Bertz CT molecular complexity index is 632. The van der Waals surface area contributed by atoms with Crippen LogP contribution in [0.3, 0.4) is 0 Å². The van der Waals surface area contributed by atoms with Crippen LogP contribution in [0.2, 0.25) is 10.0 Å². The molecule has 0 aromatic heterocycles. The maximum absolute atomic E-state index is 12.0. The summed E-state index contributed by atoms with van der Waals surface area (Å²) in [5, 5.41) is 4.00. The molecule has 0 aliphatic carbocycles. The van der Waals surface area contributed by atoms with Crippen LogP contribution in [-0.4, -0.2) is 31.1 Å². The van der Waals surface area contributed by atoms with E-state index in [1.165, 1.54) is 4.90 Å². The molecule has 2 amide bonds. The topological polar surface area (TPSA) is 41.6 Å². The van der Waals surface area contributed by atoms with Gasteiger partial charge < -0.3 is 15.0 Å². The summed E-state index contributed by atoms with van der Waals surface area (Å²) in [6, 6.07) is 13.9. The first-order valence-electron chi connectivity index (χ1n) is 6.70. The number of benzene rings is 2. The van der Waals surface area contributed by atoms with Gasteiger partial charge in [0.25, 0.3) is 0 Å². The number of rotatable bonds is 5. The monoisotopic (exact) mass is 338 g/mol. The number of halogens is 2. The lowest BCUT2D eigenvalue weighted by molar-refractivity contribution is 0.207. The van der Waals surface area contributed by atoms with Crippen LogP contribution in [0.5, 0.6) is 5.75 Å². The second-order valence-corrected chi connectivity index (χ2v) is 5.54. The van der Waals surface area contributed by atoms with Crippen LogP contribution in [0.15, 0.2) is 48.5 Å². The van der Waals surface area contributed by atoms with Crippen molar-refractivity contribution in [1.82, 2.24) is 4.90 Å². The maximum Gasteiger partial charge on any atom is 0.321 e. The Morgan fingerprint density at radius 2 is 1.86 bits per heavy atom. The average Bonchev–Trinajstić information content (AvgIpc) is 2.49. The molecule has 0 aliphatic rings. The molecule has 0 saturated carbocycles. The van der Waals surface area contributed by atoms with Gasteiger partial charge in [0.2, 0.25) is 0 Å². The highest BCUT2D eigenvalue weighted by Gasteiger charge is 2.09. The first-order chi connectivity index (χ1) is 10.5. The molecule has 0 aliphatic heterocycles. The Morgan fingerprint density at radius 1 is 1.14 bits per heavy atom. The first-order valence-corrected chi connectivity index (χ1v) is 7.46. The van der Waals surface area contributed by atoms with E-state index in [0.29, 0.717) is 34.6 Å². The van der Waals surface area contributed by atoms with E-state index in [9.17, 15) is 4.79 Å². The lowest BCUT2D eigenvalue weighted by Crippen LogP contribution is -2.34.